The van der Waals surface area contributed by atoms with Gasteiger partial charge < -0.3 is 4.74 Å². The lowest BCUT2D eigenvalue weighted by atomic mass is 10.0. The lowest BCUT2D eigenvalue weighted by molar-refractivity contribution is -0.148. The third kappa shape index (κ3) is 20.2. The summed E-state index contributed by atoms with van der Waals surface area (Å²) in [6.07, 6.45) is 26.5. The van der Waals surface area contributed by atoms with Crippen LogP contribution in [0.3, 0.4) is 0 Å². The zero-order chi connectivity index (χ0) is 20.7. The summed E-state index contributed by atoms with van der Waals surface area (Å²) in [7, 11) is 0. The van der Waals surface area contributed by atoms with Gasteiger partial charge in [0, 0.05) is 0 Å². The van der Waals surface area contributed by atoms with Crippen LogP contribution in [-0.4, -0.2) is 12.6 Å². The molecule has 0 rings (SSSR count). The molecule has 0 heterocycles. The minimum absolute atomic E-state index is 0.0112. The van der Waals surface area contributed by atoms with E-state index < -0.39 is 0 Å². The second kappa shape index (κ2) is 22.8. The highest BCUT2D eigenvalue weighted by Crippen LogP contribution is 2.14. The van der Waals surface area contributed by atoms with Crippen LogP contribution in [0.15, 0.2) is 0 Å². The molecular formula is C26H52O2. The van der Waals surface area contributed by atoms with Gasteiger partial charge in [0.2, 0.25) is 0 Å². The second-order valence-electron chi connectivity index (χ2n) is 8.87. The minimum Gasteiger partial charge on any atom is -0.465 e. The summed E-state index contributed by atoms with van der Waals surface area (Å²) >= 11 is 0. The number of hydrogen-bond donors (Lipinski definition) is 0. The first-order valence-electron chi connectivity index (χ1n) is 12.9. The molecule has 0 fully saturated rings. The Morgan fingerprint density at radius 1 is 0.571 bits per heavy atom. The van der Waals surface area contributed by atoms with Gasteiger partial charge in [0.25, 0.3) is 0 Å². The van der Waals surface area contributed by atoms with Crippen molar-refractivity contribution < 1.29 is 9.53 Å². The van der Waals surface area contributed by atoms with Crippen molar-refractivity contribution in [2.75, 3.05) is 6.61 Å². The van der Waals surface area contributed by atoms with Crippen molar-refractivity contribution in [3.63, 3.8) is 0 Å². The Morgan fingerprint density at radius 2 is 0.929 bits per heavy atom. The van der Waals surface area contributed by atoms with Crippen LogP contribution in [0.5, 0.6) is 0 Å². The van der Waals surface area contributed by atoms with E-state index in [0.29, 0.717) is 6.61 Å². The zero-order valence-corrected chi connectivity index (χ0v) is 19.7. The van der Waals surface area contributed by atoms with Gasteiger partial charge in [-0.15, -0.1) is 0 Å². The molecule has 0 N–H and O–H groups in total. The maximum Gasteiger partial charge on any atom is 0.308 e. The predicted molar refractivity (Wildman–Crippen MR) is 124 cm³/mol. The maximum absolute atomic E-state index is 11.9. The van der Waals surface area contributed by atoms with Crippen molar-refractivity contribution in [3.8, 4) is 0 Å². The van der Waals surface area contributed by atoms with E-state index >= 15 is 0 Å². The summed E-state index contributed by atoms with van der Waals surface area (Å²) in [5.74, 6) is 0.0877. The molecule has 0 bridgehead atoms. The van der Waals surface area contributed by atoms with E-state index in [2.05, 4.69) is 13.8 Å². The summed E-state index contributed by atoms with van der Waals surface area (Å²) in [4.78, 5) is 11.9. The van der Waals surface area contributed by atoms with Crippen molar-refractivity contribution in [1.82, 2.24) is 0 Å². The second-order valence-corrected chi connectivity index (χ2v) is 8.87. The fraction of sp³-hybridized carbons (Fsp3) is 0.962. The molecule has 0 saturated heterocycles. The highest BCUT2D eigenvalue weighted by atomic mass is 16.5. The summed E-state index contributed by atoms with van der Waals surface area (Å²) < 4.78 is 5.41. The molecule has 2 nitrogen and oxygen atoms in total. The normalized spacial score (nSPS) is 12.2. The highest BCUT2D eigenvalue weighted by Gasteiger charge is 2.13. The molecule has 168 valence electrons. The quantitative estimate of drug-likeness (QED) is 0.135. The number of ether oxygens (including phenoxy) is 1. The Balaban J connectivity index is 3.18. The number of esters is 1. The molecular weight excluding hydrogens is 344 g/mol. The fourth-order valence-electron chi connectivity index (χ4n) is 3.78. The predicted octanol–water partition coefficient (Wildman–Crippen LogP) is 9.01. The summed E-state index contributed by atoms with van der Waals surface area (Å²) in [5, 5.41) is 0. The third-order valence-electron chi connectivity index (χ3n) is 5.89. The molecule has 0 amide bonds. The maximum atomic E-state index is 11.9. The Hall–Kier alpha value is -0.530. The number of hydrogen-bond acceptors (Lipinski definition) is 2. The molecule has 0 aliphatic heterocycles. The molecule has 2 heteroatoms. The topological polar surface area (TPSA) is 26.3 Å². The Morgan fingerprint density at radius 3 is 1.36 bits per heavy atom. The smallest absolute Gasteiger partial charge is 0.308 e. The molecule has 0 aliphatic carbocycles. The SMILES string of the molecule is CCCCCCCCCCCCCCCCCCOC(=O)C(C)CCCCC. The summed E-state index contributed by atoms with van der Waals surface area (Å²) in [6.45, 7) is 7.11. The number of unbranched alkanes of at least 4 members (excludes halogenated alkanes) is 17. The van der Waals surface area contributed by atoms with Crippen molar-refractivity contribution in [2.24, 2.45) is 5.92 Å². The highest BCUT2D eigenvalue weighted by molar-refractivity contribution is 5.71. The number of rotatable bonds is 22. The van der Waals surface area contributed by atoms with Crippen LogP contribution in [0.25, 0.3) is 0 Å². The van der Waals surface area contributed by atoms with Crippen LogP contribution in [0.2, 0.25) is 0 Å². The first-order chi connectivity index (χ1) is 13.7. The minimum atomic E-state index is 0.0112. The lowest BCUT2D eigenvalue weighted by Crippen LogP contribution is -2.15. The molecule has 1 unspecified atom stereocenters. The number of carbonyl (C=O) groups is 1. The van der Waals surface area contributed by atoms with Gasteiger partial charge in [-0.2, -0.15) is 0 Å². The average molecular weight is 397 g/mol. The molecule has 1 atom stereocenters. The molecule has 28 heavy (non-hydrogen) atoms. The van der Waals surface area contributed by atoms with Crippen LogP contribution < -0.4 is 0 Å². The van der Waals surface area contributed by atoms with Crippen LogP contribution in [0.1, 0.15) is 149 Å². The van der Waals surface area contributed by atoms with Crippen molar-refractivity contribution in [3.05, 3.63) is 0 Å². The van der Waals surface area contributed by atoms with Crippen molar-refractivity contribution in [1.29, 1.82) is 0 Å². The van der Waals surface area contributed by atoms with E-state index in [1.165, 1.54) is 109 Å². The number of carbonyl (C=O) groups excluding carboxylic acids is 1. The molecule has 0 aromatic rings. The Labute approximate surface area is 177 Å². The van der Waals surface area contributed by atoms with Crippen LogP contribution in [0, 0.1) is 5.92 Å². The van der Waals surface area contributed by atoms with Crippen LogP contribution >= 0.6 is 0 Å². The van der Waals surface area contributed by atoms with Gasteiger partial charge in [-0.1, -0.05) is 136 Å². The largest absolute Gasteiger partial charge is 0.465 e. The van der Waals surface area contributed by atoms with E-state index in [-0.39, 0.29) is 11.9 Å². The Kier molecular flexibility index (Phi) is 22.3. The lowest BCUT2D eigenvalue weighted by Gasteiger charge is -2.11. The molecule has 0 aromatic carbocycles. The molecule has 0 aromatic heterocycles. The monoisotopic (exact) mass is 396 g/mol. The van der Waals surface area contributed by atoms with Crippen molar-refractivity contribution in [2.45, 2.75) is 149 Å². The first kappa shape index (κ1) is 27.5. The van der Waals surface area contributed by atoms with Gasteiger partial charge in [0.05, 0.1) is 12.5 Å². The fourth-order valence-corrected chi connectivity index (χ4v) is 3.78. The summed E-state index contributed by atoms with van der Waals surface area (Å²) in [6, 6.07) is 0. The summed E-state index contributed by atoms with van der Waals surface area (Å²) in [5.41, 5.74) is 0. The van der Waals surface area contributed by atoms with E-state index in [1.54, 1.807) is 0 Å². The van der Waals surface area contributed by atoms with E-state index in [1.807, 2.05) is 6.92 Å². The standard InChI is InChI=1S/C26H52O2/c1-4-6-8-9-10-11-12-13-14-15-16-17-18-19-20-22-24-28-26(27)25(3)23-21-7-5-2/h25H,4-24H2,1-3H3. The molecule has 0 radical (unpaired) electrons. The van der Waals surface area contributed by atoms with Crippen LogP contribution in [-0.2, 0) is 9.53 Å². The van der Waals surface area contributed by atoms with Crippen LogP contribution in [0.4, 0.5) is 0 Å². The van der Waals surface area contributed by atoms with Gasteiger partial charge in [-0.05, 0) is 12.8 Å². The third-order valence-corrected chi connectivity index (χ3v) is 5.89. The van der Waals surface area contributed by atoms with Gasteiger partial charge in [0.15, 0.2) is 0 Å². The van der Waals surface area contributed by atoms with Gasteiger partial charge in [-0.3, -0.25) is 4.79 Å². The first-order valence-corrected chi connectivity index (χ1v) is 12.9. The van der Waals surface area contributed by atoms with Gasteiger partial charge >= 0.3 is 5.97 Å². The van der Waals surface area contributed by atoms with E-state index in [0.717, 1.165) is 19.3 Å². The van der Waals surface area contributed by atoms with Gasteiger partial charge in [0.1, 0.15) is 0 Å². The zero-order valence-electron chi connectivity index (χ0n) is 19.7. The Bertz CT molecular complexity index is 314. The van der Waals surface area contributed by atoms with E-state index in [9.17, 15) is 4.79 Å². The molecule has 0 aliphatic rings. The molecule has 0 saturated carbocycles. The van der Waals surface area contributed by atoms with E-state index in [4.69, 9.17) is 4.74 Å². The molecule has 0 spiro atoms. The average Bonchev–Trinajstić information content (AvgIpc) is 2.70. The van der Waals surface area contributed by atoms with Gasteiger partial charge in [-0.25, -0.2) is 0 Å². The van der Waals surface area contributed by atoms with Crippen molar-refractivity contribution >= 4 is 5.97 Å².